The minimum absolute atomic E-state index is 0.0124. The van der Waals surface area contributed by atoms with Crippen molar-refractivity contribution in [3.05, 3.63) is 52.6 Å². The Balaban J connectivity index is 2.35. The van der Waals surface area contributed by atoms with Gasteiger partial charge in [0.25, 0.3) is 15.7 Å². The first-order valence-electron chi connectivity index (χ1n) is 6.29. The summed E-state index contributed by atoms with van der Waals surface area (Å²) in [6.45, 7) is 0. The number of methoxy groups -OCH3 is 1. The fourth-order valence-electron chi connectivity index (χ4n) is 1.82. The molecule has 0 amide bonds. The highest BCUT2D eigenvalue weighted by atomic mass is 32.2. The molecule has 2 aromatic carbocycles. The number of nitrogens with one attached hydrogen (secondary N) is 2. The molecule has 0 unspecified atom stereocenters. The Labute approximate surface area is 132 Å². The van der Waals surface area contributed by atoms with E-state index in [0.717, 1.165) is 6.07 Å². The molecule has 9 nitrogen and oxygen atoms in total. The van der Waals surface area contributed by atoms with Crippen molar-refractivity contribution in [3.8, 4) is 5.75 Å². The van der Waals surface area contributed by atoms with Gasteiger partial charge >= 0.3 is 0 Å². The standard InChI is InChI=1S/C13H14N4O5S/c1-22-10-4-2-9(3-5-10)16-23(20,21)11-6-7-12(15-14)13(8-11)17(18)19/h2-8,15-16H,14H2,1H3. The number of nitrogens with two attached hydrogens (primary N) is 1. The van der Waals surface area contributed by atoms with Gasteiger partial charge in [0.05, 0.1) is 16.9 Å². The highest BCUT2D eigenvalue weighted by molar-refractivity contribution is 7.92. The van der Waals surface area contributed by atoms with Crippen LogP contribution in [-0.2, 0) is 10.0 Å². The summed E-state index contributed by atoms with van der Waals surface area (Å²) in [6.07, 6.45) is 0. The van der Waals surface area contributed by atoms with Crippen molar-refractivity contribution in [2.45, 2.75) is 4.90 Å². The van der Waals surface area contributed by atoms with Crippen LogP contribution in [0.4, 0.5) is 17.1 Å². The van der Waals surface area contributed by atoms with E-state index in [-0.39, 0.29) is 10.6 Å². The van der Waals surface area contributed by atoms with E-state index < -0.39 is 20.6 Å². The Morgan fingerprint density at radius 1 is 1.17 bits per heavy atom. The number of ether oxygens (including phenoxy) is 1. The van der Waals surface area contributed by atoms with Crippen LogP contribution in [0.3, 0.4) is 0 Å². The minimum Gasteiger partial charge on any atom is -0.497 e. The molecular weight excluding hydrogens is 324 g/mol. The molecular formula is C13H14N4O5S. The van der Waals surface area contributed by atoms with Gasteiger partial charge in [-0.25, -0.2) is 8.42 Å². The van der Waals surface area contributed by atoms with E-state index in [4.69, 9.17) is 10.6 Å². The number of benzene rings is 2. The molecule has 0 fully saturated rings. The second-order valence-corrected chi connectivity index (χ2v) is 6.10. The molecule has 0 heterocycles. The van der Waals surface area contributed by atoms with Crippen LogP contribution in [0.5, 0.6) is 5.75 Å². The Morgan fingerprint density at radius 3 is 2.35 bits per heavy atom. The number of nitro benzene ring substituents is 1. The zero-order valence-electron chi connectivity index (χ0n) is 12.0. The van der Waals surface area contributed by atoms with E-state index in [1.54, 1.807) is 12.1 Å². The van der Waals surface area contributed by atoms with Crippen molar-refractivity contribution in [1.29, 1.82) is 0 Å². The Kier molecular flexibility index (Phi) is 4.67. The monoisotopic (exact) mass is 338 g/mol. The van der Waals surface area contributed by atoms with Gasteiger partial charge in [0.2, 0.25) is 0 Å². The molecule has 0 aliphatic heterocycles. The Morgan fingerprint density at radius 2 is 1.83 bits per heavy atom. The summed E-state index contributed by atoms with van der Waals surface area (Å²) in [5.41, 5.74) is 2.02. The molecule has 0 radical (unpaired) electrons. The highest BCUT2D eigenvalue weighted by Crippen LogP contribution is 2.28. The first-order chi connectivity index (χ1) is 10.9. The predicted molar refractivity (Wildman–Crippen MR) is 84.7 cm³/mol. The van der Waals surface area contributed by atoms with Crippen molar-refractivity contribution in [2.75, 3.05) is 17.3 Å². The third-order valence-electron chi connectivity index (χ3n) is 2.97. The lowest BCUT2D eigenvalue weighted by molar-refractivity contribution is -0.384. The maximum atomic E-state index is 12.3. The Bertz CT molecular complexity index is 821. The maximum absolute atomic E-state index is 12.3. The number of anilines is 2. The second kappa shape index (κ2) is 6.50. The molecule has 2 aromatic rings. The molecule has 0 spiro atoms. The van der Waals surface area contributed by atoms with Gasteiger partial charge < -0.3 is 10.2 Å². The Hall–Kier alpha value is -2.85. The topological polar surface area (TPSA) is 137 Å². The highest BCUT2D eigenvalue weighted by Gasteiger charge is 2.21. The zero-order chi connectivity index (χ0) is 17.0. The van der Waals surface area contributed by atoms with Gasteiger partial charge in [0, 0.05) is 11.8 Å². The molecule has 0 atom stereocenters. The van der Waals surface area contributed by atoms with Crippen LogP contribution < -0.4 is 20.7 Å². The van der Waals surface area contributed by atoms with Gasteiger partial charge in [0.1, 0.15) is 11.4 Å². The molecule has 0 aliphatic carbocycles. The number of hydrogen-bond donors (Lipinski definition) is 3. The van der Waals surface area contributed by atoms with Gasteiger partial charge in [0.15, 0.2) is 0 Å². The lowest BCUT2D eigenvalue weighted by atomic mass is 10.3. The first-order valence-corrected chi connectivity index (χ1v) is 7.77. The average Bonchev–Trinajstić information content (AvgIpc) is 2.54. The largest absolute Gasteiger partial charge is 0.497 e. The van der Waals surface area contributed by atoms with Crippen molar-refractivity contribution < 1.29 is 18.1 Å². The predicted octanol–water partition coefficient (Wildman–Crippen LogP) is 1.69. The normalized spacial score (nSPS) is 10.9. The van der Waals surface area contributed by atoms with Gasteiger partial charge in [-0.15, -0.1) is 0 Å². The molecule has 0 bridgehead atoms. The van der Waals surface area contributed by atoms with Crippen molar-refractivity contribution in [3.63, 3.8) is 0 Å². The van der Waals surface area contributed by atoms with Crippen molar-refractivity contribution in [1.82, 2.24) is 0 Å². The lowest BCUT2D eigenvalue weighted by Gasteiger charge is -2.10. The molecule has 10 heteroatoms. The minimum atomic E-state index is -3.98. The number of nitrogen functional groups attached to an aromatic ring is 1. The summed E-state index contributed by atoms with van der Waals surface area (Å²) in [6, 6.07) is 9.57. The first kappa shape index (κ1) is 16.5. The average molecular weight is 338 g/mol. The summed E-state index contributed by atoms with van der Waals surface area (Å²) >= 11 is 0. The van der Waals surface area contributed by atoms with Crippen LogP contribution in [0.15, 0.2) is 47.4 Å². The van der Waals surface area contributed by atoms with E-state index in [9.17, 15) is 18.5 Å². The fourth-order valence-corrected chi connectivity index (χ4v) is 2.90. The smallest absolute Gasteiger partial charge is 0.295 e. The molecule has 0 saturated carbocycles. The molecule has 4 N–H and O–H groups in total. The molecule has 23 heavy (non-hydrogen) atoms. The van der Waals surface area contributed by atoms with Crippen LogP contribution in [0, 0.1) is 10.1 Å². The molecule has 2 rings (SSSR count). The van der Waals surface area contributed by atoms with Gasteiger partial charge in [-0.05, 0) is 36.4 Å². The second-order valence-electron chi connectivity index (χ2n) is 4.41. The fraction of sp³-hybridized carbons (Fsp3) is 0.0769. The molecule has 0 aliphatic rings. The van der Waals surface area contributed by atoms with Crippen LogP contribution in [0.25, 0.3) is 0 Å². The molecule has 122 valence electrons. The summed E-state index contributed by atoms with van der Waals surface area (Å²) in [5.74, 6) is 5.74. The van der Waals surface area contributed by atoms with Crippen LogP contribution in [0.2, 0.25) is 0 Å². The zero-order valence-corrected chi connectivity index (χ0v) is 12.8. The van der Waals surface area contributed by atoms with Gasteiger partial charge in [-0.1, -0.05) is 0 Å². The van der Waals surface area contributed by atoms with Crippen LogP contribution in [0.1, 0.15) is 0 Å². The van der Waals surface area contributed by atoms with Gasteiger partial charge in [-0.3, -0.25) is 20.7 Å². The molecule has 0 saturated heterocycles. The quantitative estimate of drug-likeness (QED) is 0.414. The van der Waals surface area contributed by atoms with E-state index in [0.29, 0.717) is 11.4 Å². The van der Waals surface area contributed by atoms with Crippen molar-refractivity contribution in [2.24, 2.45) is 5.84 Å². The van der Waals surface area contributed by atoms with E-state index in [2.05, 4.69) is 10.1 Å². The van der Waals surface area contributed by atoms with E-state index in [1.165, 1.54) is 31.4 Å². The number of nitrogens with zero attached hydrogens (tertiary/aromatic N) is 1. The van der Waals surface area contributed by atoms with Crippen molar-refractivity contribution >= 4 is 27.1 Å². The third-order valence-corrected chi connectivity index (χ3v) is 4.35. The lowest BCUT2D eigenvalue weighted by Crippen LogP contribution is -2.14. The number of sulfonamides is 1. The molecule has 0 aromatic heterocycles. The number of rotatable bonds is 6. The number of hydrogen-bond acceptors (Lipinski definition) is 7. The summed E-state index contributed by atoms with van der Waals surface area (Å²) in [4.78, 5) is 10.00. The maximum Gasteiger partial charge on any atom is 0.295 e. The van der Waals surface area contributed by atoms with Gasteiger partial charge in [-0.2, -0.15) is 0 Å². The summed E-state index contributed by atoms with van der Waals surface area (Å²) in [7, 11) is -2.49. The summed E-state index contributed by atoms with van der Waals surface area (Å²) in [5, 5.41) is 11.0. The third kappa shape index (κ3) is 3.67. The number of nitro groups is 1. The van der Waals surface area contributed by atoms with E-state index >= 15 is 0 Å². The summed E-state index contributed by atoms with van der Waals surface area (Å²) < 4.78 is 31.9. The van der Waals surface area contributed by atoms with Crippen LogP contribution >= 0.6 is 0 Å². The van der Waals surface area contributed by atoms with E-state index in [1.807, 2.05) is 0 Å². The van der Waals surface area contributed by atoms with Crippen LogP contribution in [-0.4, -0.2) is 20.5 Å². The number of hydrazine groups is 1. The SMILES string of the molecule is COc1ccc(NS(=O)(=O)c2ccc(NN)c([N+](=O)[O-])c2)cc1.